The summed E-state index contributed by atoms with van der Waals surface area (Å²) in [4.78, 5) is 24.6. The average molecular weight is 255 g/mol. The second kappa shape index (κ2) is 7.17. The molecule has 0 saturated heterocycles. The molecule has 0 bridgehead atoms. The highest BCUT2D eigenvalue weighted by molar-refractivity contribution is 5.94. The first kappa shape index (κ1) is 14.7. The van der Waals surface area contributed by atoms with Gasteiger partial charge in [-0.1, -0.05) is 29.7 Å². The number of amides is 1. The Balaban J connectivity index is 2.81. The molecule has 0 spiro atoms. The zero-order chi connectivity index (χ0) is 14.3. The molecule has 0 unspecified atom stereocenters. The topological polar surface area (TPSA) is 37.4 Å². The lowest BCUT2D eigenvalue weighted by molar-refractivity contribution is -0.112. The van der Waals surface area contributed by atoms with Crippen LogP contribution in [0, 0.1) is 19.3 Å². The van der Waals surface area contributed by atoms with Crippen LogP contribution in [0.4, 0.5) is 0 Å². The molecule has 0 radical (unpaired) electrons. The van der Waals surface area contributed by atoms with Gasteiger partial charge in [0.2, 0.25) is 0 Å². The van der Waals surface area contributed by atoms with Gasteiger partial charge in [0.25, 0.3) is 5.91 Å². The first-order chi connectivity index (χ1) is 9.04. The van der Waals surface area contributed by atoms with Crippen molar-refractivity contribution in [2.24, 2.45) is 0 Å². The minimum Gasteiger partial charge on any atom is -0.324 e. The van der Waals surface area contributed by atoms with Crippen LogP contribution in [0.15, 0.2) is 36.4 Å². The maximum absolute atomic E-state index is 12.2. The zero-order valence-corrected chi connectivity index (χ0v) is 11.2. The van der Waals surface area contributed by atoms with Crippen molar-refractivity contribution < 1.29 is 9.59 Å². The van der Waals surface area contributed by atoms with E-state index < -0.39 is 0 Å². The Bertz CT molecular complexity index is 521. The van der Waals surface area contributed by atoms with E-state index in [-0.39, 0.29) is 18.2 Å². The highest BCUT2D eigenvalue weighted by Gasteiger charge is 2.13. The van der Waals surface area contributed by atoms with Crippen LogP contribution in [-0.2, 0) is 4.79 Å². The van der Waals surface area contributed by atoms with Gasteiger partial charge in [0, 0.05) is 12.1 Å². The second-order valence-corrected chi connectivity index (χ2v) is 4.27. The van der Waals surface area contributed by atoms with Gasteiger partial charge in [0.15, 0.2) is 5.78 Å². The minimum absolute atomic E-state index is 0.0524. The normalized spacial score (nSPS) is 10.2. The first-order valence-corrected chi connectivity index (χ1v) is 6.01. The van der Waals surface area contributed by atoms with Crippen molar-refractivity contribution in [2.45, 2.75) is 13.8 Å². The Morgan fingerprint density at radius 2 is 1.95 bits per heavy atom. The van der Waals surface area contributed by atoms with E-state index in [0.717, 1.165) is 5.56 Å². The maximum atomic E-state index is 12.2. The van der Waals surface area contributed by atoms with Crippen LogP contribution >= 0.6 is 0 Å². The number of hydrogen-bond acceptors (Lipinski definition) is 2. The van der Waals surface area contributed by atoms with Crippen molar-refractivity contribution in [2.75, 3.05) is 13.1 Å². The van der Waals surface area contributed by atoms with Gasteiger partial charge in [-0.3, -0.25) is 9.59 Å². The molecular formula is C16H17NO2. The fourth-order valence-corrected chi connectivity index (χ4v) is 1.55. The van der Waals surface area contributed by atoms with Gasteiger partial charge < -0.3 is 4.90 Å². The summed E-state index contributed by atoms with van der Waals surface area (Å²) >= 11 is 0. The fourth-order valence-electron chi connectivity index (χ4n) is 1.55. The molecule has 1 aromatic carbocycles. The molecule has 0 saturated carbocycles. The van der Waals surface area contributed by atoms with Gasteiger partial charge in [0.1, 0.15) is 0 Å². The molecule has 0 fully saturated rings. The molecule has 0 aliphatic heterocycles. The Hall–Kier alpha value is -2.34. The maximum Gasteiger partial charge on any atom is 0.254 e. The van der Waals surface area contributed by atoms with Gasteiger partial charge in [-0.05, 0) is 32.1 Å². The quantitative estimate of drug-likeness (QED) is 0.597. The molecule has 19 heavy (non-hydrogen) atoms. The first-order valence-electron chi connectivity index (χ1n) is 6.01. The van der Waals surface area contributed by atoms with Gasteiger partial charge in [-0.2, -0.15) is 0 Å². The van der Waals surface area contributed by atoms with Crippen molar-refractivity contribution in [3.8, 4) is 12.3 Å². The molecule has 0 aliphatic carbocycles. The molecule has 1 aromatic rings. The van der Waals surface area contributed by atoms with Crippen LogP contribution in [0.2, 0.25) is 0 Å². The van der Waals surface area contributed by atoms with E-state index >= 15 is 0 Å². The number of rotatable bonds is 5. The van der Waals surface area contributed by atoms with Crippen molar-refractivity contribution >= 4 is 11.7 Å². The minimum atomic E-state index is -0.133. The lowest BCUT2D eigenvalue weighted by Crippen LogP contribution is -2.31. The summed E-state index contributed by atoms with van der Waals surface area (Å²) in [5, 5.41) is 0. The smallest absolute Gasteiger partial charge is 0.254 e. The number of carbonyl (C=O) groups excluding carboxylic acids is 2. The van der Waals surface area contributed by atoms with Crippen LogP contribution in [-0.4, -0.2) is 29.7 Å². The Kier molecular flexibility index (Phi) is 5.56. The van der Waals surface area contributed by atoms with Crippen LogP contribution in [0.3, 0.4) is 0 Å². The number of ketones is 1. The molecular weight excluding hydrogens is 238 g/mol. The van der Waals surface area contributed by atoms with Gasteiger partial charge in [-0.15, -0.1) is 6.42 Å². The van der Waals surface area contributed by atoms with E-state index in [2.05, 4.69) is 5.92 Å². The summed E-state index contributed by atoms with van der Waals surface area (Å²) in [6, 6.07) is 7.31. The molecule has 1 rings (SSSR count). The van der Waals surface area contributed by atoms with E-state index in [1.54, 1.807) is 18.2 Å². The van der Waals surface area contributed by atoms with E-state index in [1.807, 2.05) is 19.1 Å². The van der Waals surface area contributed by atoms with Gasteiger partial charge in [0.05, 0.1) is 6.54 Å². The number of nitrogens with zero attached hydrogens (tertiary/aromatic N) is 1. The summed E-state index contributed by atoms with van der Waals surface area (Å²) in [6.45, 7) is 3.97. The third-order valence-electron chi connectivity index (χ3n) is 2.55. The highest BCUT2D eigenvalue weighted by atomic mass is 16.2. The van der Waals surface area contributed by atoms with Crippen LogP contribution in [0.25, 0.3) is 0 Å². The predicted molar refractivity (Wildman–Crippen MR) is 75.7 cm³/mol. The highest BCUT2D eigenvalue weighted by Crippen LogP contribution is 2.07. The van der Waals surface area contributed by atoms with E-state index in [4.69, 9.17) is 6.42 Å². The van der Waals surface area contributed by atoms with E-state index in [0.29, 0.717) is 12.1 Å². The monoisotopic (exact) mass is 255 g/mol. The molecule has 0 aliphatic rings. The van der Waals surface area contributed by atoms with Gasteiger partial charge >= 0.3 is 0 Å². The zero-order valence-electron chi connectivity index (χ0n) is 11.2. The molecule has 3 nitrogen and oxygen atoms in total. The number of allylic oxidation sites excluding steroid dienone is 1. The molecule has 1 amide bonds. The van der Waals surface area contributed by atoms with Crippen molar-refractivity contribution in [1.29, 1.82) is 0 Å². The van der Waals surface area contributed by atoms with Crippen molar-refractivity contribution in [3.05, 3.63) is 47.5 Å². The Morgan fingerprint density at radius 1 is 1.32 bits per heavy atom. The second-order valence-electron chi connectivity index (χ2n) is 4.27. The number of benzene rings is 1. The fraction of sp³-hybridized carbons (Fsp3) is 0.250. The molecule has 98 valence electrons. The van der Waals surface area contributed by atoms with E-state index in [9.17, 15) is 9.59 Å². The number of hydrogen-bond donors (Lipinski definition) is 0. The van der Waals surface area contributed by atoms with E-state index in [1.165, 1.54) is 17.9 Å². The summed E-state index contributed by atoms with van der Waals surface area (Å²) in [5.41, 5.74) is 1.69. The standard InChI is InChI=1S/C16H17NO2/c1-4-11-17(12-5-6-14(3)18)16(19)15-9-7-13(2)8-10-15/h1,5-10H,11-12H2,2-3H3/b6-5+. The van der Waals surface area contributed by atoms with Crippen molar-refractivity contribution in [3.63, 3.8) is 0 Å². The van der Waals surface area contributed by atoms with Crippen LogP contribution in [0.5, 0.6) is 0 Å². The average Bonchev–Trinajstić information content (AvgIpc) is 2.37. The lowest BCUT2D eigenvalue weighted by atomic mass is 10.1. The molecule has 0 aromatic heterocycles. The Labute approximate surface area is 113 Å². The molecule has 0 N–H and O–H groups in total. The molecule has 0 heterocycles. The number of terminal acetylenes is 1. The Morgan fingerprint density at radius 3 is 2.47 bits per heavy atom. The van der Waals surface area contributed by atoms with Crippen LogP contribution in [0.1, 0.15) is 22.8 Å². The predicted octanol–water partition coefficient (Wildman–Crippen LogP) is 2.22. The van der Waals surface area contributed by atoms with Crippen LogP contribution < -0.4 is 0 Å². The SMILES string of the molecule is C#CCN(C/C=C/C(C)=O)C(=O)c1ccc(C)cc1. The molecule has 3 heteroatoms. The third kappa shape index (κ3) is 4.81. The summed E-state index contributed by atoms with van der Waals surface area (Å²) in [5.74, 6) is 2.27. The summed E-state index contributed by atoms with van der Waals surface area (Å²) < 4.78 is 0. The number of aryl methyl sites for hydroxylation is 1. The largest absolute Gasteiger partial charge is 0.324 e. The molecule has 0 atom stereocenters. The van der Waals surface area contributed by atoms with Crippen molar-refractivity contribution in [1.82, 2.24) is 4.90 Å². The summed E-state index contributed by atoms with van der Waals surface area (Å²) in [6.07, 6.45) is 8.35. The lowest BCUT2D eigenvalue weighted by Gasteiger charge is -2.18. The number of carbonyl (C=O) groups is 2. The summed E-state index contributed by atoms with van der Waals surface area (Å²) in [7, 11) is 0. The third-order valence-corrected chi connectivity index (χ3v) is 2.55. The van der Waals surface area contributed by atoms with Gasteiger partial charge in [-0.25, -0.2) is 0 Å².